The molecule has 1 saturated carbocycles. The summed E-state index contributed by atoms with van der Waals surface area (Å²) < 4.78 is 19.3. The molecule has 0 N–H and O–H groups in total. The predicted octanol–water partition coefficient (Wildman–Crippen LogP) is 4.04. The van der Waals surface area contributed by atoms with Crippen LogP contribution < -0.4 is 4.74 Å². The number of rotatable bonds is 3. The number of ether oxygens (including phenoxy) is 1. The van der Waals surface area contributed by atoms with Crippen molar-refractivity contribution in [3.8, 4) is 5.75 Å². The van der Waals surface area contributed by atoms with Gasteiger partial charge >= 0.3 is 0 Å². The lowest BCUT2D eigenvalue weighted by atomic mass is 10.2. The molecule has 0 spiro atoms. The number of para-hydroxylation sites is 1. The second-order valence-electron chi connectivity index (χ2n) is 3.89. The molecule has 15 heavy (non-hydrogen) atoms. The molecule has 0 amide bonds. The summed E-state index contributed by atoms with van der Waals surface area (Å²) in [5.41, 5.74) is 0.891. The van der Waals surface area contributed by atoms with Crippen molar-refractivity contribution in [3.63, 3.8) is 0 Å². The Morgan fingerprint density at radius 1 is 1.33 bits per heavy atom. The fourth-order valence-electron chi connectivity index (χ4n) is 1.96. The van der Waals surface area contributed by atoms with E-state index in [0.717, 1.165) is 18.4 Å². The van der Waals surface area contributed by atoms with Gasteiger partial charge in [0.15, 0.2) is 11.6 Å². The van der Waals surface area contributed by atoms with E-state index >= 15 is 0 Å². The SMILES string of the molecule is Fc1cccc(CBr)c1OC1CCCC1. The van der Waals surface area contributed by atoms with Crippen molar-refractivity contribution in [1.29, 1.82) is 0 Å². The van der Waals surface area contributed by atoms with Crippen molar-refractivity contribution in [2.45, 2.75) is 37.1 Å². The van der Waals surface area contributed by atoms with E-state index in [1.165, 1.54) is 18.9 Å². The molecule has 1 nitrogen and oxygen atoms in total. The molecular formula is C12H14BrFO. The molecule has 0 unspecified atom stereocenters. The van der Waals surface area contributed by atoms with Crippen LogP contribution in [0.2, 0.25) is 0 Å². The molecule has 0 atom stereocenters. The maximum absolute atomic E-state index is 13.5. The molecule has 2 rings (SSSR count). The fourth-order valence-corrected chi connectivity index (χ4v) is 2.41. The fraction of sp³-hybridized carbons (Fsp3) is 0.500. The van der Waals surface area contributed by atoms with Crippen LogP contribution >= 0.6 is 15.9 Å². The highest BCUT2D eigenvalue weighted by molar-refractivity contribution is 9.08. The van der Waals surface area contributed by atoms with E-state index in [2.05, 4.69) is 15.9 Å². The number of halogens is 2. The summed E-state index contributed by atoms with van der Waals surface area (Å²) >= 11 is 3.35. The van der Waals surface area contributed by atoms with E-state index in [-0.39, 0.29) is 11.9 Å². The smallest absolute Gasteiger partial charge is 0.165 e. The highest BCUT2D eigenvalue weighted by Gasteiger charge is 2.19. The Bertz CT molecular complexity index is 334. The average molecular weight is 273 g/mol. The maximum Gasteiger partial charge on any atom is 0.165 e. The Hall–Kier alpha value is -0.570. The first kappa shape index (κ1) is 10.9. The molecule has 0 bridgehead atoms. The zero-order valence-corrected chi connectivity index (χ0v) is 10.1. The summed E-state index contributed by atoms with van der Waals surface area (Å²) in [5.74, 6) is 0.181. The van der Waals surface area contributed by atoms with E-state index < -0.39 is 0 Å². The van der Waals surface area contributed by atoms with E-state index in [0.29, 0.717) is 11.1 Å². The predicted molar refractivity (Wildman–Crippen MR) is 61.9 cm³/mol. The van der Waals surface area contributed by atoms with Gasteiger partial charge in [-0.2, -0.15) is 0 Å². The van der Waals surface area contributed by atoms with Crippen LogP contribution in [0.5, 0.6) is 5.75 Å². The third-order valence-corrected chi connectivity index (χ3v) is 3.38. The molecule has 1 fully saturated rings. The summed E-state index contributed by atoms with van der Waals surface area (Å²) in [7, 11) is 0. The molecule has 3 heteroatoms. The van der Waals surface area contributed by atoms with Gasteiger partial charge in [0.2, 0.25) is 0 Å². The topological polar surface area (TPSA) is 9.23 Å². The van der Waals surface area contributed by atoms with Gasteiger partial charge in [0.25, 0.3) is 0 Å². The zero-order valence-electron chi connectivity index (χ0n) is 8.51. The molecule has 1 aromatic carbocycles. The van der Waals surface area contributed by atoms with Gasteiger partial charge in [-0.25, -0.2) is 4.39 Å². The molecule has 0 aliphatic heterocycles. The normalized spacial score (nSPS) is 16.9. The Kier molecular flexibility index (Phi) is 3.62. The lowest BCUT2D eigenvalue weighted by Gasteiger charge is -2.16. The first-order valence-corrected chi connectivity index (χ1v) is 6.43. The van der Waals surface area contributed by atoms with E-state index in [4.69, 9.17) is 4.74 Å². The van der Waals surface area contributed by atoms with Gasteiger partial charge < -0.3 is 4.74 Å². The standard InChI is InChI=1S/C12H14BrFO/c13-8-9-4-3-7-11(14)12(9)15-10-5-1-2-6-10/h3-4,7,10H,1-2,5-6,8H2. The third kappa shape index (κ3) is 2.51. The number of alkyl halides is 1. The van der Waals surface area contributed by atoms with Gasteiger partial charge in [-0.05, 0) is 31.7 Å². The lowest BCUT2D eigenvalue weighted by molar-refractivity contribution is 0.199. The van der Waals surface area contributed by atoms with Crippen molar-refractivity contribution in [1.82, 2.24) is 0 Å². The van der Waals surface area contributed by atoms with Crippen LogP contribution in [0.25, 0.3) is 0 Å². The first-order chi connectivity index (χ1) is 7.31. The highest BCUT2D eigenvalue weighted by Crippen LogP contribution is 2.30. The van der Waals surface area contributed by atoms with Crippen LogP contribution in [0.3, 0.4) is 0 Å². The minimum Gasteiger partial charge on any atom is -0.487 e. The van der Waals surface area contributed by atoms with Crippen LogP contribution in [0.1, 0.15) is 31.2 Å². The van der Waals surface area contributed by atoms with Gasteiger partial charge in [0.1, 0.15) is 0 Å². The zero-order chi connectivity index (χ0) is 10.7. The van der Waals surface area contributed by atoms with Gasteiger partial charge in [-0.1, -0.05) is 28.1 Å². The Morgan fingerprint density at radius 3 is 2.73 bits per heavy atom. The van der Waals surface area contributed by atoms with Crippen LogP contribution in [0, 0.1) is 5.82 Å². The number of benzene rings is 1. The largest absolute Gasteiger partial charge is 0.487 e. The number of hydrogen-bond acceptors (Lipinski definition) is 1. The molecule has 1 aliphatic rings. The molecule has 0 saturated heterocycles. The van der Waals surface area contributed by atoms with E-state index in [1.54, 1.807) is 6.07 Å². The summed E-state index contributed by atoms with van der Waals surface area (Å²) in [6.45, 7) is 0. The van der Waals surface area contributed by atoms with Gasteiger partial charge in [-0.15, -0.1) is 0 Å². The van der Waals surface area contributed by atoms with Crippen molar-refractivity contribution in [2.75, 3.05) is 0 Å². The first-order valence-electron chi connectivity index (χ1n) is 5.31. The van der Waals surface area contributed by atoms with Crippen LogP contribution in [-0.2, 0) is 5.33 Å². The Balaban J connectivity index is 2.17. The summed E-state index contributed by atoms with van der Waals surface area (Å²) in [6, 6.07) is 5.06. The highest BCUT2D eigenvalue weighted by atomic mass is 79.9. The van der Waals surface area contributed by atoms with Crippen molar-refractivity contribution < 1.29 is 9.13 Å². The lowest BCUT2D eigenvalue weighted by Crippen LogP contribution is -2.13. The van der Waals surface area contributed by atoms with E-state index in [9.17, 15) is 4.39 Å². The van der Waals surface area contributed by atoms with Crippen molar-refractivity contribution in [3.05, 3.63) is 29.6 Å². The number of hydrogen-bond donors (Lipinski definition) is 0. The molecule has 1 aliphatic carbocycles. The maximum atomic E-state index is 13.5. The minimum atomic E-state index is -0.251. The van der Waals surface area contributed by atoms with Gasteiger partial charge in [0.05, 0.1) is 6.10 Å². The van der Waals surface area contributed by atoms with Gasteiger partial charge in [-0.3, -0.25) is 0 Å². The van der Waals surface area contributed by atoms with Crippen molar-refractivity contribution >= 4 is 15.9 Å². The second kappa shape index (κ2) is 4.97. The summed E-state index contributed by atoms with van der Waals surface area (Å²) in [6.07, 6.45) is 4.71. The van der Waals surface area contributed by atoms with Crippen LogP contribution in [0.4, 0.5) is 4.39 Å². The average Bonchev–Trinajstić information content (AvgIpc) is 2.74. The minimum absolute atomic E-state index is 0.208. The van der Waals surface area contributed by atoms with E-state index in [1.807, 2.05) is 6.07 Å². The molecule has 1 aromatic rings. The third-order valence-electron chi connectivity index (χ3n) is 2.78. The molecule has 0 heterocycles. The van der Waals surface area contributed by atoms with Gasteiger partial charge in [0, 0.05) is 10.9 Å². The Labute approximate surface area is 97.8 Å². The monoisotopic (exact) mass is 272 g/mol. The van der Waals surface area contributed by atoms with Crippen LogP contribution in [-0.4, -0.2) is 6.10 Å². The molecular weight excluding hydrogens is 259 g/mol. The van der Waals surface area contributed by atoms with Crippen LogP contribution in [0.15, 0.2) is 18.2 Å². The molecule has 82 valence electrons. The molecule has 0 aromatic heterocycles. The molecule has 0 radical (unpaired) electrons. The quantitative estimate of drug-likeness (QED) is 0.755. The summed E-state index contributed by atoms with van der Waals surface area (Å²) in [4.78, 5) is 0. The van der Waals surface area contributed by atoms with Crippen molar-refractivity contribution in [2.24, 2.45) is 0 Å². The second-order valence-corrected chi connectivity index (χ2v) is 4.45. The Morgan fingerprint density at radius 2 is 2.07 bits per heavy atom. The summed E-state index contributed by atoms with van der Waals surface area (Å²) in [5, 5.41) is 0.632.